The van der Waals surface area contributed by atoms with E-state index in [0.717, 1.165) is 5.56 Å². The van der Waals surface area contributed by atoms with Gasteiger partial charge in [-0.2, -0.15) is 0 Å². The Bertz CT molecular complexity index is 508. The van der Waals surface area contributed by atoms with E-state index in [4.69, 9.17) is 0 Å². The van der Waals surface area contributed by atoms with Gasteiger partial charge in [0.25, 0.3) is 0 Å². The molecular formula is C15H15F2N. The largest absolute Gasteiger partial charge is 0.306 e. The zero-order valence-corrected chi connectivity index (χ0v) is 10.2. The van der Waals surface area contributed by atoms with Gasteiger partial charge in [-0.25, -0.2) is 8.78 Å². The van der Waals surface area contributed by atoms with Gasteiger partial charge in [-0.05, 0) is 30.7 Å². The molecule has 0 aliphatic carbocycles. The molecule has 0 saturated carbocycles. The van der Waals surface area contributed by atoms with Crippen molar-refractivity contribution in [3.8, 4) is 0 Å². The summed E-state index contributed by atoms with van der Waals surface area (Å²) in [6, 6.07) is 13.0. The van der Waals surface area contributed by atoms with Crippen LogP contribution in [-0.4, -0.2) is 0 Å². The van der Waals surface area contributed by atoms with Crippen molar-refractivity contribution in [2.24, 2.45) is 0 Å². The number of hydrogen-bond donors (Lipinski definition) is 1. The van der Waals surface area contributed by atoms with Crippen LogP contribution in [0.1, 0.15) is 24.1 Å². The first-order valence-electron chi connectivity index (χ1n) is 5.89. The van der Waals surface area contributed by atoms with Crippen LogP contribution in [0.3, 0.4) is 0 Å². The minimum atomic E-state index is -0.250. The molecule has 18 heavy (non-hydrogen) atoms. The summed E-state index contributed by atoms with van der Waals surface area (Å²) in [5.41, 5.74) is 1.61. The van der Waals surface area contributed by atoms with Crippen molar-refractivity contribution < 1.29 is 8.78 Å². The summed E-state index contributed by atoms with van der Waals surface area (Å²) in [5, 5.41) is 3.21. The molecule has 1 nitrogen and oxygen atoms in total. The zero-order valence-electron chi connectivity index (χ0n) is 10.2. The smallest absolute Gasteiger partial charge is 0.127 e. The first kappa shape index (κ1) is 12.7. The van der Waals surface area contributed by atoms with E-state index in [0.29, 0.717) is 12.1 Å². The van der Waals surface area contributed by atoms with Crippen LogP contribution in [0.4, 0.5) is 8.78 Å². The molecule has 2 aromatic carbocycles. The fourth-order valence-electron chi connectivity index (χ4n) is 1.77. The summed E-state index contributed by atoms with van der Waals surface area (Å²) in [5.74, 6) is -0.462. The highest BCUT2D eigenvalue weighted by Gasteiger charge is 2.06. The second-order valence-electron chi connectivity index (χ2n) is 4.25. The Morgan fingerprint density at radius 2 is 1.67 bits per heavy atom. The summed E-state index contributed by atoms with van der Waals surface area (Å²) in [4.78, 5) is 0. The minimum Gasteiger partial charge on any atom is -0.306 e. The molecule has 0 amide bonds. The predicted molar refractivity (Wildman–Crippen MR) is 68.1 cm³/mol. The van der Waals surface area contributed by atoms with Gasteiger partial charge in [-0.1, -0.05) is 30.3 Å². The molecule has 0 aliphatic rings. The molecule has 0 saturated heterocycles. The van der Waals surface area contributed by atoms with Crippen molar-refractivity contribution in [2.75, 3.05) is 0 Å². The molecular weight excluding hydrogens is 232 g/mol. The van der Waals surface area contributed by atoms with Crippen molar-refractivity contribution in [3.63, 3.8) is 0 Å². The molecule has 94 valence electrons. The van der Waals surface area contributed by atoms with Crippen LogP contribution in [-0.2, 0) is 6.54 Å². The first-order chi connectivity index (χ1) is 8.66. The third-order valence-corrected chi connectivity index (χ3v) is 2.93. The highest BCUT2D eigenvalue weighted by molar-refractivity contribution is 5.21. The predicted octanol–water partition coefficient (Wildman–Crippen LogP) is 3.82. The standard InChI is InChI=1S/C15H15F2N/c1-11(12-6-8-14(16)9-7-12)18-10-13-4-2-3-5-15(13)17/h2-9,11,18H,10H2,1H3. The average Bonchev–Trinajstić information content (AvgIpc) is 2.38. The molecule has 1 unspecified atom stereocenters. The number of halogens is 2. The van der Waals surface area contributed by atoms with Gasteiger partial charge in [-0.3, -0.25) is 0 Å². The van der Waals surface area contributed by atoms with E-state index in [2.05, 4.69) is 5.32 Å². The maximum absolute atomic E-state index is 13.4. The van der Waals surface area contributed by atoms with Crippen molar-refractivity contribution in [1.82, 2.24) is 5.32 Å². The van der Waals surface area contributed by atoms with Crippen LogP contribution in [0.25, 0.3) is 0 Å². The van der Waals surface area contributed by atoms with Crippen LogP contribution in [0.15, 0.2) is 48.5 Å². The average molecular weight is 247 g/mol. The summed E-state index contributed by atoms with van der Waals surface area (Å²) < 4.78 is 26.2. The lowest BCUT2D eigenvalue weighted by Gasteiger charge is -2.14. The molecule has 0 aromatic heterocycles. The fraction of sp³-hybridized carbons (Fsp3) is 0.200. The van der Waals surface area contributed by atoms with Crippen LogP contribution >= 0.6 is 0 Å². The van der Waals surface area contributed by atoms with Gasteiger partial charge in [0.15, 0.2) is 0 Å². The normalized spacial score (nSPS) is 12.4. The lowest BCUT2D eigenvalue weighted by molar-refractivity contribution is 0.543. The first-order valence-corrected chi connectivity index (χ1v) is 5.89. The van der Waals surface area contributed by atoms with E-state index in [-0.39, 0.29) is 17.7 Å². The quantitative estimate of drug-likeness (QED) is 0.866. The summed E-state index contributed by atoms with van der Waals surface area (Å²) in [6.07, 6.45) is 0. The molecule has 0 aliphatic heterocycles. The zero-order chi connectivity index (χ0) is 13.0. The molecule has 3 heteroatoms. The Hall–Kier alpha value is -1.74. The van der Waals surface area contributed by atoms with Crippen molar-refractivity contribution in [2.45, 2.75) is 19.5 Å². The van der Waals surface area contributed by atoms with Crippen LogP contribution in [0.2, 0.25) is 0 Å². The second kappa shape index (κ2) is 5.74. The van der Waals surface area contributed by atoms with Crippen LogP contribution < -0.4 is 5.32 Å². The minimum absolute atomic E-state index is 0.0465. The van der Waals surface area contributed by atoms with E-state index in [9.17, 15) is 8.78 Å². The van der Waals surface area contributed by atoms with E-state index in [1.807, 2.05) is 13.0 Å². The Balaban J connectivity index is 1.98. The molecule has 1 atom stereocenters. The number of hydrogen-bond acceptors (Lipinski definition) is 1. The fourth-order valence-corrected chi connectivity index (χ4v) is 1.77. The monoisotopic (exact) mass is 247 g/mol. The van der Waals surface area contributed by atoms with Crippen molar-refractivity contribution >= 4 is 0 Å². The molecule has 1 N–H and O–H groups in total. The molecule has 2 aromatic rings. The van der Waals surface area contributed by atoms with E-state index >= 15 is 0 Å². The number of benzene rings is 2. The highest BCUT2D eigenvalue weighted by Crippen LogP contribution is 2.14. The molecule has 0 spiro atoms. The van der Waals surface area contributed by atoms with E-state index in [1.54, 1.807) is 24.3 Å². The van der Waals surface area contributed by atoms with Gasteiger partial charge in [-0.15, -0.1) is 0 Å². The Kier molecular flexibility index (Phi) is 4.05. The third-order valence-electron chi connectivity index (χ3n) is 2.93. The number of nitrogens with one attached hydrogen (secondary N) is 1. The van der Waals surface area contributed by atoms with Gasteiger partial charge in [0.1, 0.15) is 11.6 Å². The van der Waals surface area contributed by atoms with Crippen LogP contribution in [0, 0.1) is 11.6 Å². The van der Waals surface area contributed by atoms with Crippen LogP contribution in [0.5, 0.6) is 0 Å². The Labute approximate surface area is 105 Å². The summed E-state index contributed by atoms with van der Waals surface area (Å²) in [7, 11) is 0. The van der Waals surface area contributed by atoms with Crippen molar-refractivity contribution in [3.05, 3.63) is 71.3 Å². The summed E-state index contributed by atoms with van der Waals surface area (Å²) >= 11 is 0. The Morgan fingerprint density at radius 1 is 1.00 bits per heavy atom. The van der Waals surface area contributed by atoms with Gasteiger partial charge in [0.2, 0.25) is 0 Å². The van der Waals surface area contributed by atoms with Crippen molar-refractivity contribution in [1.29, 1.82) is 0 Å². The Morgan fingerprint density at radius 3 is 2.33 bits per heavy atom. The molecule has 2 rings (SSSR count). The lowest BCUT2D eigenvalue weighted by Crippen LogP contribution is -2.18. The highest BCUT2D eigenvalue weighted by atomic mass is 19.1. The second-order valence-corrected chi connectivity index (χ2v) is 4.25. The molecule has 0 bridgehead atoms. The van der Waals surface area contributed by atoms with E-state index < -0.39 is 0 Å². The van der Waals surface area contributed by atoms with Gasteiger partial charge >= 0.3 is 0 Å². The van der Waals surface area contributed by atoms with Gasteiger partial charge < -0.3 is 5.32 Å². The van der Waals surface area contributed by atoms with E-state index in [1.165, 1.54) is 18.2 Å². The maximum Gasteiger partial charge on any atom is 0.127 e. The topological polar surface area (TPSA) is 12.0 Å². The SMILES string of the molecule is CC(NCc1ccccc1F)c1ccc(F)cc1. The lowest BCUT2D eigenvalue weighted by atomic mass is 10.1. The molecule has 0 fully saturated rings. The maximum atomic E-state index is 13.4. The molecule has 0 heterocycles. The third kappa shape index (κ3) is 3.14. The molecule has 0 radical (unpaired) electrons. The van der Waals surface area contributed by atoms with Gasteiger partial charge in [0.05, 0.1) is 0 Å². The van der Waals surface area contributed by atoms with Gasteiger partial charge in [0, 0.05) is 18.2 Å². The summed E-state index contributed by atoms with van der Waals surface area (Å²) in [6.45, 7) is 2.42. The number of rotatable bonds is 4.